The van der Waals surface area contributed by atoms with E-state index in [-0.39, 0.29) is 36.9 Å². The maximum Gasteiger partial charge on any atom is 0.307 e. The van der Waals surface area contributed by atoms with E-state index in [0.717, 1.165) is 31.2 Å². The predicted molar refractivity (Wildman–Crippen MR) is 102 cm³/mol. The lowest BCUT2D eigenvalue weighted by Gasteiger charge is -2.27. The quantitative estimate of drug-likeness (QED) is 0.799. The Bertz CT molecular complexity index is 932. The molecule has 1 saturated heterocycles. The van der Waals surface area contributed by atoms with Crippen molar-refractivity contribution in [2.24, 2.45) is 5.92 Å². The molecular weight excluding hydrogens is 358 g/mol. The zero-order valence-electron chi connectivity index (χ0n) is 15.6. The molecule has 0 bridgehead atoms. The fourth-order valence-corrected chi connectivity index (χ4v) is 4.23. The summed E-state index contributed by atoms with van der Waals surface area (Å²) >= 11 is 0. The molecule has 1 saturated carbocycles. The molecule has 1 N–H and O–H groups in total. The van der Waals surface area contributed by atoms with Crippen LogP contribution in [0.3, 0.4) is 0 Å². The van der Waals surface area contributed by atoms with Gasteiger partial charge in [0.05, 0.1) is 24.6 Å². The highest BCUT2D eigenvalue weighted by Crippen LogP contribution is 2.45. The number of ether oxygens (including phenoxy) is 1. The van der Waals surface area contributed by atoms with Gasteiger partial charge in [0.15, 0.2) is 0 Å². The molecule has 0 radical (unpaired) electrons. The summed E-state index contributed by atoms with van der Waals surface area (Å²) in [7, 11) is 0. The maximum absolute atomic E-state index is 12.7. The van der Waals surface area contributed by atoms with Crippen LogP contribution in [0.2, 0.25) is 0 Å². The summed E-state index contributed by atoms with van der Waals surface area (Å²) in [5.41, 5.74) is 0.778. The lowest BCUT2D eigenvalue weighted by Crippen LogP contribution is -2.44. The molecule has 4 rings (SSSR count). The molecule has 1 atom stereocenters. The summed E-state index contributed by atoms with van der Waals surface area (Å²) < 4.78 is 6.88. The molecular formula is C21H23N3O4. The molecule has 7 nitrogen and oxygen atoms in total. The van der Waals surface area contributed by atoms with Crippen molar-refractivity contribution >= 4 is 11.9 Å². The molecule has 2 heterocycles. The Morgan fingerprint density at radius 3 is 2.64 bits per heavy atom. The summed E-state index contributed by atoms with van der Waals surface area (Å²) in [6.45, 7) is 0.532. The van der Waals surface area contributed by atoms with Gasteiger partial charge in [0.25, 0.3) is 5.56 Å². The van der Waals surface area contributed by atoms with Gasteiger partial charge in [-0.2, -0.15) is 5.10 Å². The van der Waals surface area contributed by atoms with Crippen molar-refractivity contribution in [1.29, 1.82) is 0 Å². The molecule has 1 aromatic heterocycles. The number of hydrogen-bond acceptors (Lipinski definition) is 5. The van der Waals surface area contributed by atoms with E-state index in [4.69, 9.17) is 4.74 Å². The zero-order valence-corrected chi connectivity index (χ0v) is 15.6. The van der Waals surface area contributed by atoms with Crippen LogP contribution < -0.4 is 10.9 Å². The number of benzene rings is 1. The van der Waals surface area contributed by atoms with Crippen LogP contribution in [0.5, 0.6) is 0 Å². The first kappa shape index (κ1) is 18.4. The Kier molecular flexibility index (Phi) is 4.98. The number of nitrogens with zero attached hydrogens (tertiary/aromatic N) is 2. The summed E-state index contributed by atoms with van der Waals surface area (Å²) in [6, 6.07) is 12.8. The number of amides is 1. The van der Waals surface area contributed by atoms with Crippen LogP contribution >= 0.6 is 0 Å². The minimum absolute atomic E-state index is 0.132. The monoisotopic (exact) mass is 381 g/mol. The number of carbonyl (C=O) groups excluding carboxylic acids is 2. The van der Waals surface area contributed by atoms with Crippen LogP contribution in [0.1, 0.15) is 32.1 Å². The van der Waals surface area contributed by atoms with Crippen molar-refractivity contribution in [2.45, 2.75) is 44.2 Å². The van der Waals surface area contributed by atoms with Gasteiger partial charge >= 0.3 is 5.97 Å². The van der Waals surface area contributed by atoms with E-state index in [1.165, 1.54) is 10.7 Å². The summed E-state index contributed by atoms with van der Waals surface area (Å²) in [5, 5.41) is 7.25. The van der Waals surface area contributed by atoms with Gasteiger partial charge < -0.3 is 10.1 Å². The average molecular weight is 381 g/mol. The highest BCUT2D eigenvalue weighted by atomic mass is 16.6. The van der Waals surface area contributed by atoms with Gasteiger partial charge in [-0.1, -0.05) is 30.3 Å². The van der Waals surface area contributed by atoms with Crippen LogP contribution in [0.4, 0.5) is 0 Å². The molecule has 2 aromatic rings. The van der Waals surface area contributed by atoms with Gasteiger partial charge in [-0.05, 0) is 31.7 Å². The second kappa shape index (κ2) is 7.58. The Balaban J connectivity index is 1.41. The summed E-state index contributed by atoms with van der Waals surface area (Å²) in [6.07, 6.45) is 3.58. The van der Waals surface area contributed by atoms with Crippen molar-refractivity contribution in [3.8, 4) is 11.3 Å². The number of nitrogens with one attached hydrogen (secondary N) is 1. The van der Waals surface area contributed by atoms with E-state index < -0.39 is 11.5 Å². The van der Waals surface area contributed by atoms with E-state index in [9.17, 15) is 14.4 Å². The normalized spacial score (nSPS) is 20.3. The molecule has 2 fully saturated rings. The molecule has 2 aliphatic rings. The Hall–Kier alpha value is -2.96. The Morgan fingerprint density at radius 1 is 1.14 bits per heavy atom. The first-order valence-corrected chi connectivity index (χ1v) is 9.71. The standard InChI is InChI=1S/C21H23N3O4/c25-18-9-8-17(15-6-2-1-3-7-15)23-24(18)13-12-22-20(27)16-14-19(26)28-21(16)10-4-5-11-21/h1-3,6-9,16H,4-5,10-14H2,(H,22,27)/t16-/m1/s1. The molecule has 1 amide bonds. The topological polar surface area (TPSA) is 90.3 Å². The van der Waals surface area contributed by atoms with Gasteiger partial charge in [-0.3, -0.25) is 14.4 Å². The van der Waals surface area contributed by atoms with E-state index in [0.29, 0.717) is 5.69 Å². The predicted octanol–water partition coefficient (Wildman–Crippen LogP) is 1.90. The highest BCUT2D eigenvalue weighted by molar-refractivity contribution is 5.87. The first-order valence-electron chi connectivity index (χ1n) is 9.71. The summed E-state index contributed by atoms with van der Waals surface area (Å²) in [4.78, 5) is 36.5. The van der Waals surface area contributed by atoms with Crippen LogP contribution in [0.15, 0.2) is 47.3 Å². The number of esters is 1. The van der Waals surface area contributed by atoms with Gasteiger partial charge in [0, 0.05) is 18.2 Å². The average Bonchev–Trinajstić information content (AvgIpc) is 3.30. The largest absolute Gasteiger partial charge is 0.458 e. The number of hydrogen-bond donors (Lipinski definition) is 1. The smallest absolute Gasteiger partial charge is 0.307 e. The zero-order chi connectivity index (χ0) is 19.6. The molecule has 28 heavy (non-hydrogen) atoms. The third kappa shape index (κ3) is 3.56. The van der Waals surface area contributed by atoms with E-state index in [1.807, 2.05) is 30.3 Å². The van der Waals surface area contributed by atoms with Crippen molar-refractivity contribution in [3.05, 3.63) is 52.8 Å². The third-order valence-electron chi connectivity index (χ3n) is 5.65. The van der Waals surface area contributed by atoms with E-state index in [2.05, 4.69) is 10.4 Å². The fraction of sp³-hybridized carbons (Fsp3) is 0.429. The molecule has 1 aliphatic carbocycles. The van der Waals surface area contributed by atoms with Crippen LogP contribution in [0, 0.1) is 5.92 Å². The minimum atomic E-state index is -0.622. The van der Waals surface area contributed by atoms with Crippen molar-refractivity contribution in [3.63, 3.8) is 0 Å². The lowest BCUT2D eigenvalue weighted by atomic mass is 9.85. The molecule has 7 heteroatoms. The highest BCUT2D eigenvalue weighted by Gasteiger charge is 2.53. The van der Waals surface area contributed by atoms with Crippen molar-refractivity contribution < 1.29 is 14.3 Å². The number of carbonyl (C=O) groups is 2. The fourth-order valence-electron chi connectivity index (χ4n) is 4.23. The third-order valence-corrected chi connectivity index (χ3v) is 5.65. The van der Waals surface area contributed by atoms with Gasteiger partial charge in [0.1, 0.15) is 5.60 Å². The molecule has 1 aliphatic heterocycles. The second-order valence-corrected chi connectivity index (χ2v) is 7.44. The van der Waals surface area contributed by atoms with E-state index in [1.54, 1.807) is 6.07 Å². The van der Waals surface area contributed by atoms with Crippen LogP contribution in [-0.4, -0.2) is 33.8 Å². The Morgan fingerprint density at radius 2 is 1.89 bits per heavy atom. The minimum Gasteiger partial charge on any atom is -0.458 e. The van der Waals surface area contributed by atoms with Crippen molar-refractivity contribution in [2.75, 3.05) is 6.54 Å². The Labute approximate surface area is 162 Å². The van der Waals surface area contributed by atoms with Crippen LogP contribution in [-0.2, 0) is 20.9 Å². The number of rotatable bonds is 5. The molecule has 1 spiro atoms. The van der Waals surface area contributed by atoms with Crippen LogP contribution in [0.25, 0.3) is 11.3 Å². The van der Waals surface area contributed by atoms with Crippen molar-refractivity contribution in [1.82, 2.24) is 15.1 Å². The number of aromatic nitrogens is 2. The second-order valence-electron chi connectivity index (χ2n) is 7.44. The molecule has 0 unspecified atom stereocenters. The lowest BCUT2D eigenvalue weighted by molar-refractivity contribution is -0.149. The SMILES string of the molecule is O=C1C[C@H](C(=O)NCCn2nc(-c3ccccc3)ccc2=O)C2(CCCC2)O1. The summed E-state index contributed by atoms with van der Waals surface area (Å²) in [5.74, 6) is -0.918. The first-order chi connectivity index (χ1) is 13.6. The van der Waals surface area contributed by atoms with E-state index >= 15 is 0 Å². The molecule has 146 valence electrons. The van der Waals surface area contributed by atoms with Gasteiger partial charge in [0.2, 0.25) is 5.91 Å². The van der Waals surface area contributed by atoms with Gasteiger partial charge in [-0.15, -0.1) is 0 Å². The molecule has 1 aromatic carbocycles. The van der Waals surface area contributed by atoms with Gasteiger partial charge in [-0.25, -0.2) is 4.68 Å². The maximum atomic E-state index is 12.7.